The Morgan fingerprint density at radius 3 is 3.00 bits per heavy atom. The third-order valence-electron chi connectivity index (χ3n) is 2.73. The second-order valence-electron chi connectivity index (χ2n) is 3.90. The summed E-state index contributed by atoms with van der Waals surface area (Å²) in [5.74, 6) is 1.19. The monoisotopic (exact) mass is 257 g/mol. The van der Waals surface area contributed by atoms with Crippen molar-refractivity contribution in [2.75, 3.05) is 19.9 Å². The SMILES string of the molecule is NCC1COC(c2cc(Cl)c3c(c2)OCO3)O1. The zero-order chi connectivity index (χ0) is 11.8. The van der Waals surface area contributed by atoms with Gasteiger partial charge in [0, 0.05) is 12.1 Å². The van der Waals surface area contributed by atoms with Gasteiger partial charge >= 0.3 is 0 Å². The molecule has 0 amide bonds. The first kappa shape index (κ1) is 11.1. The van der Waals surface area contributed by atoms with Crippen LogP contribution in [0.1, 0.15) is 11.9 Å². The van der Waals surface area contributed by atoms with Crippen molar-refractivity contribution in [3.8, 4) is 11.5 Å². The van der Waals surface area contributed by atoms with Crippen LogP contribution in [0.4, 0.5) is 0 Å². The van der Waals surface area contributed by atoms with Crippen LogP contribution in [-0.2, 0) is 9.47 Å². The van der Waals surface area contributed by atoms with Gasteiger partial charge in [-0.2, -0.15) is 0 Å². The molecule has 2 N–H and O–H groups in total. The second kappa shape index (κ2) is 4.34. The normalized spacial score (nSPS) is 26.5. The summed E-state index contributed by atoms with van der Waals surface area (Å²) in [6, 6.07) is 3.58. The van der Waals surface area contributed by atoms with E-state index in [0.717, 1.165) is 5.56 Å². The number of nitrogens with two attached hydrogens (primary N) is 1. The molecule has 2 atom stereocenters. The molecule has 5 nitrogen and oxygen atoms in total. The molecule has 17 heavy (non-hydrogen) atoms. The Labute approximate surface area is 103 Å². The van der Waals surface area contributed by atoms with Crippen LogP contribution in [0.25, 0.3) is 0 Å². The number of hydrogen-bond donors (Lipinski definition) is 1. The Morgan fingerprint density at radius 1 is 1.35 bits per heavy atom. The quantitative estimate of drug-likeness (QED) is 0.869. The minimum Gasteiger partial charge on any atom is -0.454 e. The van der Waals surface area contributed by atoms with Crippen molar-refractivity contribution in [1.29, 1.82) is 0 Å². The molecule has 0 bridgehead atoms. The molecule has 3 rings (SSSR count). The highest BCUT2D eigenvalue weighted by Gasteiger charge is 2.29. The van der Waals surface area contributed by atoms with Gasteiger partial charge in [0.05, 0.1) is 17.7 Å². The minimum absolute atomic E-state index is 0.0656. The summed E-state index contributed by atoms with van der Waals surface area (Å²) in [5, 5.41) is 0.499. The third kappa shape index (κ3) is 1.95. The van der Waals surface area contributed by atoms with Crippen LogP contribution in [0.3, 0.4) is 0 Å². The van der Waals surface area contributed by atoms with Gasteiger partial charge in [-0.15, -0.1) is 0 Å². The lowest BCUT2D eigenvalue weighted by Gasteiger charge is -2.12. The maximum Gasteiger partial charge on any atom is 0.231 e. The van der Waals surface area contributed by atoms with Gasteiger partial charge in [-0.05, 0) is 12.1 Å². The summed E-state index contributed by atoms with van der Waals surface area (Å²) in [7, 11) is 0. The lowest BCUT2D eigenvalue weighted by molar-refractivity contribution is -0.0586. The van der Waals surface area contributed by atoms with Crippen LogP contribution in [0, 0.1) is 0 Å². The molecule has 0 spiro atoms. The molecular weight excluding hydrogens is 246 g/mol. The van der Waals surface area contributed by atoms with Gasteiger partial charge in [-0.1, -0.05) is 11.6 Å². The zero-order valence-electron chi connectivity index (χ0n) is 9.02. The van der Waals surface area contributed by atoms with Gasteiger partial charge in [0.2, 0.25) is 6.79 Å². The van der Waals surface area contributed by atoms with Gasteiger partial charge < -0.3 is 24.7 Å². The van der Waals surface area contributed by atoms with E-state index in [4.69, 9.17) is 36.3 Å². The highest BCUT2D eigenvalue weighted by atomic mass is 35.5. The molecule has 2 heterocycles. The maximum atomic E-state index is 6.08. The summed E-state index contributed by atoms with van der Waals surface area (Å²) in [4.78, 5) is 0. The molecule has 2 aliphatic rings. The van der Waals surface area contributed by atoms with Gasteiger partial charge in [-0.25, -0.2) is 0 Å². The van der Waals surface area contributed by atoms with E-state index < -0.39 is 6.29 Å². The summed E-state index contributed by atoms with van der Waals surface area (Å²) in [6.07, 6.45) is -0.500. The maximum absolute atomic E-state index is 6.08. The molecule has 92 valence electrons. The number of ether oxygens (including phenoxy) is 4. The molecular formula is C11H12ClNO4. The Kier molecular flexibility index (Phi) is 2.84. The van der Waals surface area contributed by atoms with E-state index in [9.17, 15) is 0 Å². The number of benzene rings is 1. The molecule has 2 unspecified atom stereocenters. The molecule has 2 aliphatic heterocycles. The van der Waals surface area contributed by atoms with E-state index in [1.165, 1.54) is 0 Å². The van der Waals surface area contributed by atoms with E-state index >= 15 is 0 Å². The first-order valence-corrected chi connectivity index (χ1v) is 5.72. The van der Waals surface area contributed by atoms with Crippen molar-refractivity contribution in [1.82, 2.24) is 0 Å². The molecule has 0 aromatic heterocycles. The Bertz CT molecular complexity index is 440. The Balaban J connectivity index is 1.87. The van der Waals surface area contributed by atoms with Gasteiger partial charge in [-0.3, -0.25) is 0 Å². The molecule has 0 aliphatic carbocycles. The fraction of sp³-hybridized carbons (Fsp3) is 0.455. The van der Waals surface area contributed by atoms with Crippen LogP contribution in [0.15, 0.2) is 12.1 Å². The summed E-state index contributed by atoms with van der Waals surface area (Å²) in [5.41, 5.74) is 6.33. The third-order valence-corrected chi connectivity index (χ3v) is 3.01. The van der Waals surface area contributed by atoms with Gasteiger partial charge in [0.25, 0.3) is 0 Å². The average molecular weight is 258 g/mol. The van der Waals surface area contributed by atoms with E-state index in [2.05, 4.69) is 0 Å². The highest BCUT2D eigenvalue weighted by molar-refractivity contribution is 6.32. The first-order chi connectivity index (χ1) is 8.28. The van der Waals surface area contributed by atoms with Crippen LogP contribution < -0.4 is 15.2 Å². The lowest BCUT2D eigenvalue weighted by atomic mass is 10.2. The first-order valence-electron chi connectivity index (χ1n) is 5.34. The summed E-state index contributed by atoms with van der Waals surface area (Å²) < 4.78 is 21.6. The molecule has 1 aromatic carbocycles. The number of rotatable bonds is 2. The number of fused-ring (bicyclic) bond motifs is 1. The fourth-order valence-electron chi connectivity index (χ4n) is 1.87. The molecule has 6 heteroatoms. The van der Waals surface area contributed by atoms with Crippen LogP contribution in [0.2, 0.25) is 5.02 Å². The van der Waals surface area contributed by atoms with Crippen molar-refractivity contribution in [2.24, 2.45) is 5.73 Å². The lowest BCUT2D eigenvalue weighted by Crippen LogP contribution is -2.21. The molecule has 0 saturated carbocycles. The van der Waals surface area contributed by atoms with Crippen molar-refractivity contribution in [3.05, 3.63) is 22.7 Å². The number of halogens is 1. The van der Waals surface area contributed by atoms with Crippen LogP contribution in [-0.4, -0.2) is 26.0 Å². The van der Waals surface area contributed by atoms with E-state index in [0.29, 0.717) is 29.7 Å². The van der Waals surface area contributed by atoms with Gasteiger partial charge in [0.15, 0.2) is 17.8 Å². The molecule has 1 fully saturated rings. The van der Waals surface area contributed by atoms with E-state index in [1.54, 1.807) is 6.07 Å². The van der Waals surface area contributed by atoms with E-state index in [-0.39, 0.29) is 12.9 Å². The standard InChI is InChI=1S/C11H12ClNO4/c12-8-1-6(2-9-10(8)16-5-15-9)11-14-4-7(3-13)17-11/h1-2,7,11H,3-5,13H2. The predicted molar refractivity (Wildman–Crippen MR) is 60.2 cm³/mol. The highest BCUT2D eigenvalue weighted by Crippen LogP contribution is 2.42. The summed E-state index contributed by atoms with van der Waals surface area (Å²) in [6.45, 7) is 1.12. The average Bonchev–Trinajstić information content (AvgIpc) is 2.97. The minimum atomic E-state index is -0.435. The fourth-order valence-corrected chi connectivity index (χ4v) is 2.14. The van der Waals surface area contributed by atoms with Crippen LogP contribution >= 0.6 is 11.6 Å². The van der Waals surface area contributed by atoms with Crippen molar-refractivity contribution in [3.63, 3.8) is 0 Å². The Morgan fingerprint density at radius 2 is 2.24 bits per heavy atom. The van der Waals surface area contributed by atoms with Crippen molar-refractivity contribution in [2.45, 2.75) is 12.4 Å². The number of hydrogen-bond acceptors (Lipinski definition) is 5. The zero-order valence-corrected chi connectivity index (χ0v) is 9.77. The van der Waals surface area contributed by atoms with Crippen molar-refractivity contribution < 1.29 is 18.9 Å². The molecule has 0 radical (unpaired) electrons. The second-order valence-corrected chi connectivity index (χ2v) is 4.30. The largest absolute Gasteiger partial charge is 0.454 e. The topological polar surface area (TPSA) is 62.9 Å². The van der Waals surface area contributed by atoms with E-state index in [1.807, 2.05) is 6.07 Å². The van der Waals surface area contributed by atoms with Crippen LogP contribution in [0.5, 0.6) is 11.5 Å². The molecule has 1 aromatic rings. The van der Waals surface area contributed by atoms with Gasteiger partial charge in [0.1, 0.15) is 0 Å². The smallest absolute Gasteiger partial charge is 0.231 e. The summed E-state index contributed by atoms with van der Waals surface area (Å²) >= 11 is 6.08. The Hall–Kier alpha value is -1.01. The predicted octanol–water partition coefficient (Wildman–Crippen LogP) is 1.44. The van der Waals surface area contributed by atoms with Crippen molar-refractivity contribution >= 4 is 11.6 Å². The molecule has 1 saturated heterocycles.